The molecule has 0 aliphatic heterocycles. The highest BCUT2D eigenvalue weighted by atomic mass is 16.3. The van der Waals surface area contributed by atoms with Crippen molar-refractivity contribution in [1.29, 1.82) is 0 Å². The lowest BCUT2D eigenvalue weighted by Crippen LogP contribution is -2.26. The first-order valence-electron chi connectivity index (χ1n) is 11.2. The van der Waals surface area contributed by atoms with Gasteiger partial charge in [-0.05, 0) is 24.5 Å². The van der Waals surface area contributed by atoms with Gasteiger partial charge in [0, 0.05) is 13.1 Å². The maximum absolute atomic E-state index is 12.2. The molecule has 6 heteroatoms. The van der Waals surface area contributed by atoms with Crippen molar-refractivity contribution in [2.24, 2.45) is 5.92 Å². The number of allylic oxidation sites excluding steroid dienone is 2. The van der Waals surface area contributed by atoms with Crippen LogP contribution in [-0.2, 0) is 0 Å². The Morgan fingerprint density at radius 2 is 1.73 bits per heavy atom. The molecule has 2 rings (SSSR count). The van der Waals surface area contributed by atoms with Crippen molar-refractivity contribution in [1.82, 2.24) is 15.5 Å². The van der Waals surface area contributed by atoms with Crippen molar-refractivity contribution < 1.29 is 14.7 Å². The zero-order valence-electron chi connectivity index (χ0n) is 18.5. The molecule has 1 aliphatic rings. The molecule has 30 heavy (non-hydrogen) atoms. The Bertz CT molecular complexity index is 786. The summed E-state index contributed by atoms with van der Waals surface area (Å²) in [5.41, 5.74) is 0.984. The van der Waals surface area contributed by atoms with Crippen molar-refractivity contribution in [2.45, 2.75) is 77.7 Å². The number of aliphatic hydroxyl groups excluding tert-OH is 1. The third-order valence-electron chi connectivity index (χ3n) is 5.72. The number of carbonyl (C=O) groups is 2. The summed E-state index contributed by atoms with van der Waals surface area (Å²) in [6, 6.07) is 1.55. The maximum atomic E-state index is 12.2. The molecule has 1 heterocycles. The fourth-order valence-corrected chi connectivity index (χ4v) is 3.49. The van der Waals surface area contributed by atoms with Crippen molar-refractivity contribution in [3.05, 3.63) is 40.9 Å². The van der Waals surface area contributed by atoms with Crippen LogP contribution in [0.15, 0.2) is 23.9 Å². The molecule has 0 aromatic carbocycles. The van der Waals surface area contributed by atoms with Gasteiger partial charge in [0.05, 0.1) is 23.1 Å². The molecular weight excluding hydrogens is 378 g/mol. The molecule has 2 atom stereocenters. The predicted octanol–water partition coefficient (Wildman–Crippen LogP) is 4.50. The second-order valence-electron chi connectivity index (χ2n) is 8.17. The summed E-state index contributed by atoms with van der Waals surface area (Å²) in [5.74, 6) is 0.228. The minimum Gasteiger partial charge on any atom is -0.389 e. The number of rotatable bonds is 13. The second kappa shape index (κ2) is 12.4. The average Bonchev–Trinajstić information content (AvgIpc) is 2.76. The number of carbonyl (C=O) groups excluding carboxylic acids is 2. The highest BCUT2D eigenvalue weighted by molar-refractivity contribution is 6.23. The largest absolute Gasteiger partial charge is 0.389 e. The van der Waals surface area contributed by atoms with Crippen molar-refractivity contribution in [2.75, 3.05) is 7.05 Å². The Morgan fingerprint density at radius 3 is 2.40 bits per heavy atom. The molecule has 6 nitrogen and oxygen atoms in total. The van der Waals surface area contributed by atoms with Crippen LogP contribution in [0.5, 0.6) is 0 Å². The lowest BCUT2D eigenvalue weighted by Gasteiger charge is -2.13. The van der Waals surface area contributed by atoms with Gasteiger partial charge in [-0.25, -0.2) is 0 Å². The fraction of sp³-hybridized carbons (Fsp3) is 0.583. The van der Waals surface area contributed by atoms with Crippen molar-refractivity contribution in [3.63, 3.8) is 0 Å². The van der Waals surface area contributed by atoms with Gasteiger partial charge in [-0.3, -0.25) is 9.59 Å². The third kappa shape index (κ3) is 7.17. The van der Waals surface area contributed by atoms with Crippen LogP contribution in [0.2, 0.25) is 0 Å². The van der Waals surface area contributed by atoms with E-state index in [-0.39, 0.29) is 28.5 Å². The fourth-order valence-electron chi connectivity index (χ4n) is 3.49. The SMILES string of the molecule is CCC(C)CCCCCCCCC(O)C=Cc1cc2c(nn1)C(=O)C(NC)=CC2=O. The van der Waals surface area contributed by atoms with E-state index in [1.165, 1.54) is 44.6 Å². The molecule has 1 aliphatic carbocycles. The third-order valence-corrected chi connectivity index (χ3v) is 5.72. The van der Waals surface area contributed by atoms with Gasteiger partial charge in [0.25, 0.3) is 0 Å². The molecule has 1 aromatic rings. The number of nitrogens with one attached hydrogen (secondary N) is 1. The number of aromatic nitrogens is 2. The quantitative estimate of drug-likeness (QED) is 0.463. The van der Waals surface area contributed by atoms with E-state index in [9.17, 15) is 14.7 Å². The Kier molecular flexibility index (Phi) is 9.87. The summed E-state index contributed by atoms with van der Waals surface area (Å²) in [6.07, 6.45) is 14.6. The van der Waals surface area contributed by atoms with E-state index in [0.29, 0.717) is 12.1 Å². The number of ketones is 2. The van der Waals surface area contributed by atoms with E-state index in [0.717, 1.165) is 18.8 Å². The monoisotopic (exact) mass is 413 g/mol. The summed E-state index contributed by atoms with van der Waals surface area (Å²) in [6.45, 7) is 4.57. The number of nitrogens with zero attached hydrogens (tertiary/aromatic N) is 2. The predicted molar refractivity (Wildman–Crippen MR) is 119 cm³/mol. The Morgan fingerprint density at radius 1 is 1.07 bits per heavy atom. The van der Waals surface area contributed by atoms with E-state index >= 15 is 0 Å². The molecule has 1 aromatic heterocycles. The standard InChI is InChI=1S/C24H35N3O3/c1-4-17(2)11-9-7-5-6-8-10-12-19(28)14-13-18-15-20-22(29)16-21(25-3)24(30)23(20)27-26-18/h13-17,19,25,28H,4-12H2,1-3H3. The van der Waals surface area contributed by atoms with Crippen LogP contribution in [0.3, 0.4) is 0 Å². The summed E-state index contributed by atoms with van der Waals surface area (Å²) in [5, 5.41) is 20.8. The van der Waals surface area contributed by atoms with Crippen molar-refractivity contribution >= 4 is 17.6 Å². The summed E-state index contributed by atoms with van der Waals surface area (Å²) in [7, 11) is 1.59. The van der Waals surface area contributed by atoms with Gasteiger partial charge in [0.2, 0.25) is 5.78 Å². The molecule has 2 N–H and O–H groups in total. The smallest absolute Gasteiger partial charge is 0.229 e. The van der Waals surface area contributed by atoms with Crippen LogP contribution in [0, 0.1) is 5.92 Å². The van der Waals surface area contributed by atoms with Gasteiger partial charge >= 0.3 is 0 Å². The van der Waals surface area contributed by atoms with Gasteiger partial charge in [-0.2, -0.15) is 5.10 Å². The number of hydrogen-bond donors (Lipinski definition) is 2. The lowest BCUT2D eigenvalue weighted by atomic mass is 9.97. The first kappa shape index (κ1) is 23.9. The summed E-state index contributed by atoms with van der Waals surface area (Å²) >= 11 is 0. The zero-order valence-corrected chi connectivity index (χ0v) is 18.5. The van der Waals surface area contributed by atoms with Crippen molar-refractivity contribution in [3.8, 4) is 0 Å². The number of aliphatic hydroxyl groups is 1. The summed E-state index contributed by atoms with van der Waals surface area (Å²) in [4.78, 5) is 24.4. The molecule has 164 valence electrons. The number of fused-ring (bicyclic) bond motifs is 1. The minimum absolute atomic E-state index is 0.0636. The van der Waals surface area contributed by atoms with Crippen LogP contribution in [0.4, 0.5) is 0 Å². The normalized spacial score (nSPS) is 15.8. The van der Waals surface area contributed by atoms with Gasteiger partial charge in [0.1, 0.15) is 5.69 Å². The van der Waals surface area contributed by atoms with E-state index in [1.807, 2.05) is 0 Å². The molecule has 0 radical (unpaired) electrons. The Balaban J connectivity index is 1.72. The molecule has 0 spiro atoms. The second-order valence-corrected chi connectivity index (χ2v) is 8.17. The van der Waals surface area contributed by atoms with Crippen LogP contribution in [0.1, 0.15) is 98.2 Å². The molecular formula is C24H35N3O3. The molecule has 0 amide bonds. The zero-order chi connectivity index (χ0) is 21.9. The van der Waals surface area contributed by atoms with Crippen LogP contribution >= 0.6 is 0 Å². The van der Waals surface area contributed by atoms with Gasteiger partial charge in [0.15, 0.2) is 5.78 Å². The molecule has 0 bridgehead atoms. The van der Waals surface area contributed by atoms with Crippen LogP contribution < -0.4 is 5.32 Å². The Hall–Kier alpha value is -2.34. The molecule has 0 saturated heterocycles. The topological polar surface area (TPSA) is 92.2 Å². The maximum Gasteiger partial charge on any atom is 0.229 e. The number of likely N-dealkylation sites (N-methyl/N-ethyl adjacent to an activating group) is 1. The van der Waals surface area contributed by atoms with Gasteiger partial charge < -0.3 is 10.4 Å². The van der Waals surface area contributed by atoms with E-state index in [2.05, 4.69) is 29.4 Å². The average molecular weight is 414 g/mol. The number of unbranched alkanes of at least 4 members (excludes halogenated alkanes) is 5. The highest BCUT2D eigenvalue weighted by Gasteiger charge is 2.27. The molecule has 2 unspecified atom stereocenters. The highest BCUT2D eigenvalue weighted by Crippen LogP contribution is 2.19. The van der Waals surface area contributed by atoms with E-state index in [1.54, 1.807) is 25.3 Å². The first-order chi connectivity index (χ1) is 14.5. The molecule has 0 saturated carbocycles. The first-order valence-corrected chi connectivity index (χ1v) is 11.2. The van der Waals surface area contributed by atoms with Crippen LogP contribution in [-0.4, -0.2) is 40.0 Å². The Labute approximate surface area is 179 Å². The van der Waals surface area contributed by atoms with Gasteiger partial charge in [-0.1, -0.05) is 71.3 Å². The number of hydrogen-bond acceptors (Lipinski definition) is 6. The summed E-state index contributed by atoms with van der Waals surface area (Å²) < 4.78 is 0. The van der Waals surface area contributed by atoms with Crippen LogP contribution in [0.25, 0.3) is 6.08 Å². The molecule has 0 fully saturated rings. The van der Waals surface area contributed by atoms with E-state index in [4.69, 9.17) is 0 Å². The lowest BCUT2D eigenvalue weighted by molar-refractivity contribution is 0.0974. The number of Topliss-reactive ketones (excluding diaryl/α,β-unsaturated/α-hetero) is 1. The minimum atomic E-state index is -0.554. The van der Waals surface area contributed by atoms with E-state index < -0.39 is 6.10 Å². The van der Waals surface area contributed by atoms with Gasteiger partial charge in [-0.15, -0.1) is 5.10 Å².